The van der Waals surface area contributed by atoms with Crippen molar-refractivity contribution in [2.75, 3.05) is 6.54 Å². The average molecular weight is 253 g/mol. The largest absolute Gasteiger partial charge is 0.327 e. The van der Waals surface area contributed by atoms with Crippen LogP contribution in [-0.2, 0) is 13.0 Å². The Balaban J connectivity index is 1.79. The number of nitrogens with one attached hydrogen (secondary N) is 1. The van der Waals surface area contributed by atoms with Crippen LogP contribution in [0.4, 0.5) is 0 Å². The van der Waals surface area contributed by atoms with Gasteiger partial charge >= 0.3 is 0 Å². The van der Waals surface area contributed by atoms with E-state index < -0.39 is 0 Å². The molecule has 1 saturated carbocycles. The number of nitrogens with zero attached hydrogens (tertiary/aromatic N) is 1. The number of hydrogen-bond acceptors (Lipinski definition) is 4. The number of hydrogen-bond donors (Lipinski definition) is 2. The summed E-state index contributed by atoms with van der Waals surface area (Å²) in [5.74, 6) is 0. The van der Waals surface area contributed by atoms with Gasteiger partial charge in [-0.05, 0) is 24.7 Å². The van der Waals surface area contributed by atoms with E-state index >= 15 is 0 Å². The zero-order valence-electron chi connectivity index (χ0n) is 10.8. The van der Waals surface area contributed by atoms with Crippen LogP contribution in [0.1, 0.15) is 43.0 Å². The topological polar surface area (TPSA) is 50.9 Å². The molecule has 0 saturated heterocycles. The fraction of sp³-hybridized carbons (Fsp3) is 0.769. The predicted octanol–water partition coefficient (Wildman–Crippen LogP) is 2.31. The van der Waals surface area contributed by atoms with E-state index in [0.717, 1.165) is 19.5 Å². The molecular weight excluding hydrogens is 230 g/mol. The van der Waals surface area contributed by atoms with Crippen molar-refractivity contribution in [3.05, 3.63) is 16.1 Å². The third kappa shape index (κ3) is 3.06. The van der Waals surface area contributed by atoms with E-state index in [-0.39, 0.29) is 5.41 Å². The molecule has 96 valence electrons. The number of nitrogens with two attached hydrogens (primary N) is 1. The zero-order chi connectivity index (χ0) is 12.3. The monoisotopic (exact) mass is 253 g/mol. The number of aromatic nitrogens is 1. The van der Waals surface area contributed by atoms with Crippen molar-refractivity contribution in [3.8, 4) is 0 Å². The van der Waals surface area contributed by atoms with Crippen LogP contribution >= 0.6 is 11.3 Å². The Hall–Kier alpha value is -0.450. The summed E-state index contributed by atoms with van der Waals surface area (Å²) in [5, 5.41) is 4.71. The van der Waals surface area contributed by atoms with Crippen LogP contribution in [0.5, 0.6) is 0 Å². The lowest BCUT2D eigenvalue weighted by Gasteiger charge is -2.29. The maximum atomic E-state index is 6.17. The Labute approximate surface area is 108 Å². The van der Waals surface area contributed by atoms with Gasteiger partial charge in [0.15, 0.2) is 0 Å². The summed E-state index contributed by atoms with van der Waals surface area (Å²) in [6.07, 6.45) is 6.77. The first-order chi connectivity index (χ1) is 8.14. The van der Waals surface area contributed by atoms with Crippen LogP contribution in [0, 0.1) is 5.41 Å². The van der Waals surface area contributed by atoms with Gasteiger partial charge in [0.2, 0.25) is 0 Å². The Morgan fingerprint density at radius 1 is 1.65 bits per heavy atom. The third-order valence-electron chi connectivity index (χ3n) is 3.91. The molecule has 1 aromatic rings. The maximum absolute atomic E-state index is 6.17. The highest BCUT2D eigenvalue weighted by atomic mass is 32.1. The van der Waals surface area contributed by atoms with E-state index in [1.807, 2.05) is 17.5 Å². The van der Waals surface area contributed by atoms with Gasteiger partial charge in [0.1, 0.15) is 5.01 Å². The van der Waals surface area contributed by atoms with Gasteiger partial charge in [-0.1, -0.05) is 20.3 Å². The maximum Gasteiger partial charge on any atom is 0.107 e. The molecule has 2 rings (SSSR count). The third-order valence-corrected chi connectivity index (χ3v) is 5.05. The smallest absolute Gasteiger partial charge is 0.107 e. The van der Waals surface area contributed by atoms with Crippen molar-refractivity contribution >= 4 is 11.3 Å². The molecule has 3 N–H and O–H groups in total. The van der Waals surface area contributed by atoms with E-state index in [1.165, 1.54) is 29.1 Å². The lowest BCUT2D eigenvalue weighted by molar-refractivity contribution is 0.277. The molecule has 1 aromatic heterocycles. The minimum absolute atomic E-state index is 0.283. The number of thiazole rings is 1. The second-order valence-electron chi connectivity index (χ2n) is 5.33. The minimum Gasteiger partial charge on any atom is -0.327 e. The quantitative estimate of drug-likeness (QED) is 0.846. The van der Waals surface area contributed by atoms with E-state index in [0.29, 0.717) is 6.04 Å². The van der Waals surface area contributed by atoms with Crippen LogP contribution < -0.4 is 11.1 Å². The summed E-state index contributed by atoms with van der Waals surface area (Å²) in [6, 6.07) is 0.359. The summed E-state index contributed by atoms with van der Waals surface area (Å²) < 4.78 is 0. The molecule has 17 heavy (non-hydrogen) atoms. The van der Waals surface area contributed by atoms with Gasteiger partial charge in [-0.15, -0.1) is 11.3 Å². The van der Waals surface area contributed by atoms with Crippen molar-refractivity contribution in [2.24, 2.45) is 11.1 Å². The Bertz CT molecular complexity index is 363. The van der Waals surface area contributed by atoms with Gasteiger partial charge in [0, 0.05) is 30.2 Å². The normalized spacial score (nSPS) is 28.8. The lowest BCUT2D eigenvalue weighted by Crippen LogP contribution is -2.42. The van der Waals surface area contributed by atoms with Crippen molar-refractivity contribution < 1.29 is 0 Å². The van der Waals surface area contributed by atoms with Crippen molar-refractivity contribution in [2.45, 2.75) is 52.1 Å². The molecule has 0 amide bonds. The highest BCUT2D eigenvalue weighted by Crippen LogP contribution is 2.35. The van der Waals surface area contributed by atoms with Crippen molar-refractivity contribution in [1.82, 2.24) is 10.3 Å². The van der Waals surface area contributed by atoms with Gasteiger partial charge in [-0.25, -0.2) is 4.98 Å². The second kappa shape index (κ2) is 5.46. The molecule has 3 nitrogen and oxygen atoms in total. The zero-order valence-corrected chi connectivity index (χ0v) is 11.6. The lowest BCUT2D eigenvalue weighted by atomic mass is 9.85. The Morgan fingerprint density at radius 2 is 2.47 bits per heavy atom. The summed E-state index contributed by atoms with van der Waals surface area (Å²) in [7, 11) is 0. The van der Waals surface area contributed by atoms with E-state index in [4.69, 9.17) is 5.73 Å². The molecular formula is C13H23N3S. The van der Waals surface area contributed by atoms with E-state index in [1.54, 1.807) is 0 Å². The first-order valence-corrected chi connectivity index (χ1v) is 7.35. The second-order valence-corrected chi connectivity index (χ2v) is 6.53. The van der Waals surface area contributed by atoms with Crippen molar-refractivity contribution in [3.63, 3.8) is 0 Å². The summed E-state index contributed by atoms with van der Waals surface area (Å²) in [5.41, 5.74) is 6.45. The molecule has 4 heteroatoms. The molecule has 1 aliphatic rings. The fourth-order valence-corrected chi connectivity index (χ4v) is 3.36. The molecule has 0 radical (unpaired) electrons. The van der Waals surface area contributed by atoms with Crippen molar-refractivity contribution in [1.29, 1.82) is 0 Å². The van der Waals surface area contributed by atoms with Gasteiger partial charge in [0.25, 0.3) is 0 Å². The Kier molecular flexibility index (Phi) is 4.17. The molecule has 0 aromatic carbocycles. The number of rotatable bonds is 5. The highest BCUT2D eigenvalue weighted by Gasteiger charge is 2.35. The summed E-state index contributed by atoms with van der Waals surface area (Å²) >= 11 is 1.81. The SMILES string of the molecule is CCc1cnc(CNCC2(C)CCCC2N)s1. The van der Waals surface area contributed by atoms with E-state index in [2.05, 4.69) is 24.1 Å². The predicted molar refractivity (Wildman–Crippen MR) is 73.1 cm³/mol. The van der Waals surface area contributed by atoms with Crippen LogP contribution in [0.15, 0.2) is 6.20 Å². The summed E-state index contributed by atoms with van der Waals surface area (Å²) in [6.45, 7) is 6.36. The van der Waals surface area contributed by atoms with Crippen LogP contribution in [0.25, 0.3) is 0 Å². The molecule has 0 aliphatic heterocycles. The Morgan fingerprint density at radius 3 is 3.06 bits per heavy atom. The molecule has 1 fully saturated rings. The first-order valence-electron chi connectivity index (χ1n) is 6.54. The van der Waals surface area contributed by atoms with Gasteiger partial charge in [-0.3, -0.25) is 0 Å². The van der Waals surface area contributed by atoms with Crippen LogP contribution in [-0.4, -0.2) is 17.6 Å². The van der Waals surface area contributed by atoms with Gasteiger partial charge in [-0.2, -0.15) is 0 Å². The minimum atomic E-state index is 0.283. The molecule has 2 unspecified atom stereocenters. The van der Waals surface area contributed by atoms with Gasteiger partial charge < -0.3 is 11.1 Å². The molecule has 1 aliphatic carbocycles. The molecule has 2 atom stereocenters. The fourth-order valence-electron chi connectivity index (χ4n) is 2.53. The average Bonchev–Trinajstić information content (AvgIpc) is 2.88. The highest BCUT2D eigenvalue weighted by molar-refractivity contribution is 7.11. The summed E-state index contributed by atoms with van der Waals surface area (Å²) in [4.78, 5) is 5.78. The molecule has 0 spiro atoms. The number of aryl methyl sites for hydroxylation is 1. The van der Waals surface area contributed by atoms with E-state index in [9.17, 15) is 0 Å². The standard InChI is InChI=1S/C13H23N3S/c1-3-10-7-16-12(17-10)8-15-9-13(2)6-4-5-11(13)14/h7,11,15H,3-6,8-9,14H2,1-2H3. The van der Waals surface area contributed by atoms with Crippen LogP contribution in [0.3, 0.4) is 0 Å². The van der Waals surface area contributed by atoms with Crippen LogP contribution in [0.2, 0.25) is 0 Å². The van der Waals surface area contributed by atoms with Gasteiger partial charge in [0.05, 0.1) is 0 Å². The molecule has 0 bridgehead atoms. The first kappa shape index (κ1) is 13.0. The molecule has 1 heterocycles.